The van der Waals surface area contributed by atoms with Crippen molar-refractivity contribution in [1.29, 1.82) is 0 Å². The van der Waals surface area contributed by atoms with E-state index in [1.54, 1.807) is 18.1 Å². The van der Waals surface area contributed by atoms with Crippen LogP contribution >= 0.6 is 0 Å². The van der Waals surface area contributed by atoms with Crippen molar-refractivity contribution in [2.75, 3.05) is 33.4 Å². The van der Waals surface area contributed by atoms with Crippen LogP contribution < -0.4 is 10.1 Å². The maximum absolute atomic E-state index is 13.0. The van der Waals surface area contributed by atoms with E-state index >= 15 is 0 Å². The Hall–Kier alpha value is -2.42. The molecule has 3 N–H and O–H groups in total. The molecule has 31 heavy (non-hydrogen) atoms. The summed E-state index contributed by atoms with van der Waals surface area (Å²) in [5.41, 5.74) is 1.30. The number of nitrogens with zero attached hydrogens (tertiary/aromatic N) is 1. The number of amides is 2. The summed E-state index contributed by atoms with van der Waals surface area (Å²) in [6.45, 7) is 0.790. The molecular formula is C23H30N2O6. The standard InChI is InChI=1S/C23H30N2O6/c1-30-11-8-19(27)25(13-14-6-7-14)17-12-16(23(29)24-9-10-26)20-15-4-2-3-5-18(15)31-22(20)21(17)28/h2-5,12,14,17,20-22,26,28H,6-11,13H2,1H3,(H,24,29). The highest BCUT2D eigenvalue weighted by molar-refractivity contribution is 5.96. The van der Waals surface area contributed by atoms with Crippen LogP contribution in [0.1, 0.15) is 30.7 Å². The summed E-state index contributed by atoms with van der Waals surface area (Å²) < 4.78 is 11.2. The van der Waals surface area contributed by atoms with Gasteiger partial charge in [0.1, 0.15) is 18.0 Å². The van der Waals surface area contributed by atoms with Crippen molar-refractivity contribution in [1.82, 2.24) is 10.2 Å². The average molecular weight is 431 g/mol. The Labute approximate surface area is 181 Å². The van der Waals surface area contributed by atoms with Gasteiger partial charge in [-0.15, -0.1) is 0 Å². The van der Waals surface area contributed by atoms with E-state index in [0.29, 0.717) is 30.4 Å². The molecule has 2 aliphatic carbocycles. The summed E-state index contributed by atoms with van der Waals surface area (Å²) in [5, 5.41) is 23.2. The zero-order chi connectivity index (χ0) is 22.0. The average Bonchev–Trinajstić information content (AvgIpc) is 3.52. The van der Waals surface area contributed by atoms with Gasteiger partial charge in [-0.1, -0.05) is 18.2 Å². The van der Waals surface area contributed by atoms with Crippen molar-refractivity contribution in [3.63, 3.8) is 0 Å². The van der Waals surface area contributed by atoms with Crippen molar-refractivity contribution in [3.8, 4) is 5.75 Å². The molecule has 3 aliphatic rings. The first-order valence-corrected chi connectivity index (χ1v) is 10.9. The highest BCUT2D eigenvalue weighted by Crippen LogP contribution is 2.47. The van der Waals surface area contributed by atoms with Gasteiger partial charge in [0, 0.05) is 31.3 Å². The van der Waals surface area contributed by atoms with Gasteiger partial charge in [0.2, 0.25) is 11.8 Å². The minimum atomic E-state index is -0.975. The van der Waals surface area contributed by atoms with Crippen LogP contribution in [0.4, 0.5) is 0 Å². The van der Waals surface area contributed by atoms with Gasteiger partial charge in [0.25, 0.3) is 0 Å². The number of ether oxygens (including phenoxy) is 2. The largest absolute Gasteiger partial charge is 0.486 e. The molecule has 1 aromatic rings. The van der Waals surface area contributed by atoms with Crippen LogP contribution in [-0.2, 0) is 14.3 Å². The normalized spacial score (nSPS) is 26.4. The molecule has 0 radical (unpaired) electrons. The van der Waals surface area contributed by atoms with E-state index in [9.17, 15) is 14.7 Å². The Morgan fingerprint density at radius 1 is 1.29 bits per heavy atom. The Kier molecular flexibility index (Phi) is 6.60. The van der Waals surface area contributed by atoms with Gasteiger partial charge in [-0.05, 0) is 30.9 Å². The molecule has 4 unspecified atom stereocenters. The topological polar surface area (TPSA) is 108 Å². The number of carbonyl (C=O) groups excluding carboxylic acids is 2. The third-order valence-electron chi connectivity index (χ3n) is 6.23. The van der Waals surface area contributed by atoms with Crippen LogP contribution in [0.5, 0.6) is 5.75 Å². The lowest BCUT2D eigenvalue weighted by atomic mass is 9.77. The van der Waals surface area contributed by atoms with E-state index in [4.69, 9.17) is 14.6 Å². The highest BCUT2D eigenvalue weighted by atomic mass is 16.5. The summed E-state index contributed by atoms with van der Waals surface area (Å²) in [5.74, 6) is 0.184. The van der Waals surface area contributed by atoms with Gasteiger partial charge < -0.3 is 29.9 Å². The number of rotatable bonds is 9. The highest BCUT2D eigenvalue weighted by Gasteiger charge is 2.50. The summed E-state index contributed by atoms with van der Waals surface area (Å²) in [7, 11) is 1.55. The quantitative estimate of drug-likeness (QED) is 0.529. The van der Waals surface area contributed by atoms with E-state index < -0.39 is 24.2 Å². The number of aliphatic hydroxyl groups is 2. The van der Waals surface area contributed by atoms with Gasteiger partial charge in [-0.2, -0.15) is 0 Å². The van der Waals surface area contributed by atoms with Crippen molar-refractivity contribution < 1.29 is 29.3 Å². The lowest BCUT2D eigenvalue weighted by Crippen LogP contribution is -2.56. The molecule has 1 heterocycles. The van der Waals surface area contributed by atoms with Crippen molar-refractivity contribution in [2.24, 2.45) is 5.92 Å². The number of hydrogen-bond acceptors (Lipinski definition) is 6. The Morgan fingerprint density at radius 2 is 2.06 bits per heavy atom. The fourth-order valence-electron chi connectivity index (χ4n) is 4.49. The summed E-state index contributed by atoms with van der Waals surface area (Å²) >= 11 is 0. The Bertz CT molecular complexity index is 852. The maximum atomic E-state index is 13.0. The molecule has 2 amide bonds. The molecule has 1 saturated carbocycles. The summed E-state index contributed by atoms with van der Waals surface area (Å²) in [6.07, 6.45) is 2.39. The van der Waals surface area contributed by atoms with Crippen molar-refractivity contribution in [2.45, 2.75) is 43.4 Å². The van der Waals surface area contributed by atoms with Crippen LogP contribution in [0.2, 0.25) is 0 Å². The molecule has 8 heteroatoms. The number of methoxy groups -OCH3 is 1. The maximum Gasteiger partial charge on any atom is 0.247 e. The van der Waals surface area contributed by atoms with E-state index in [2.05, 4.69) is 5.32 Å². The SMILES string of the molecule is COCCC(=O)N(CC1CC1)C1C=C(C(=O)NCCO)C2c3ccccc3OC2C1O. The van der Waals surface area contributed by atoms with E-state index in [1.165, 1.54) is 0 Å². The molecule has 1 fully saturated rings. The fraction of sp³-hybridized carbons (Fsp3) is 0.565. The van der Waals surface area contributed by atoms with E-state index in [1.807, 2.05) is 24.3 Å². The zero-order valence-corrected chi connectivity index (χ0v) is 17.7. The molecule has 4 atom stereocenters. The molecular weight excluding hydrogens is 400 g/mol. The summed E-state index contributed by atoms with van der Waals surface area (Å²) in [4.78, 5) is 27.7. The van der Waals surface area contributed by atoms with Crippen LogP contribution in [0.25, 0.3) is 0 Å². The van der Waals surface area contributed by atoms with Gasteiger partial charge in [0.15, 0.2) is 0 Å². The second kappa shape index (κ2) is 9.38. The first-order chi connectivity index (χ1) is 15.0. The lowest BCUT2D eigenvalue weighted by Gasteiger charge is -2.41. The molecule has 8 nitrogen and oxygen atoms in total. The molecule has 0 bridgehead atoms. The molecule has 0 spiro atoms. The van der Waals surface area contributed by atoms with E-state index in [0.717, 1.165) is 18.4 Å². The molecule has 168 valence electrons. The monoisotopic (exact) mass is 430 g/mol. The van der Waals surface area contributed by atoms with Gasteiger partial charge in [0.05, 0.1) is 31.6 Å². The second-order valence-corrected chi connectivity index (χ2v) is 8.41. The van der Waals surface area contributed by atoms with E-state index in [-0.39, 0.29) is 31.4 Å². The third-order valence-corrected chi connectivity index (χ3v) is 6.23. The number of para-hydroxylation sites is 1. The van der Waals surface area contributed by atoms with Crippen LogP contribution in [0.15, 0.2) is 35.9 Å². The number of nitrogens with one attached hydrogen (secondary N) is 1. The van der Waals surface area contributed by atoms with Crippen molar-refractivity contribution >= 4 is 11.8 Å². The molecule has 0 aromatic heterocycles. The summed E-state index contributed by atoms with van der Waals surface area (Å²) in [6, 6.07) is 6.77. The predicted octanol–water partition coefficient (Wildman–Crippen LogP) is 0.584. The first kappa shape index (κ1) is 21.8. The Morgan fingerprint density at radius 3 is 2.77 bits per heavy atom. The minimum Gasteiger partial charge on any atom is -0.486 e. The second-order valence-electron chi connectivity index (χ2n) is 8.41. The van der Waals surface area contributed by atoms with Gasteiger partial charge in [-0.3, -0.25) is 9.59 Å². The first-order valence-electron chi connectivity index (χ1n) is 10.9. The number of aliphatic hydroxyl groups excluding tert-OH is 2. The predicted molar refractivity (Wildman–Crippen MR) is 113 cm³/mol. The number of benzene rings is 1. The Balaban J connectivity index is 1.69. The number of fused-ring (bicyclic) bond motifs is 3. The van der Waals surface area contributed by atoms with Crippen LogP contribution in [0, 0.1) is 5.92 Å². The molecule has 4 rings (SSSR count). The number of carbonyl (C=O) groups is 2. The van der Waals surface area contributed by atoms with Crippen molar-refractivity contribution in [3.05, 3.63) is 41.5 Å². The molecule has 1 aliphatic heterocycles. The lowest BCUT2D eigenvalue weighted by molar-refractivity contribution is -0.138. The zero-order valence-electron chi connectivity index (χ0n) is 17.7. The van der Waals surface area contributed by atoms with Crippen LogP contribution in [-0.4, -0.2) is 78.6 Å². The van der Waals surface area contributed by atoms with Crippen LogP contribution in [0.3, 0.4) is 0 Å². The van der Waals surface area contributed by atoms with Gasteiger partial charge in [-0.25, -0.2) is 0 Å². The smallest absolute Gasteiger partial charge is 0.247 e. The molecule has 0 saturated heterocycles. The van der Waals surface area contributed by atoms with Gasteiger partial charge >= 0.3 is 0 Å². The third kappa shape index (κ3) is 4.46. The number of hydrogen-bond donors (Lipinski definition) is 3. The minimum absolute atomic E-state index is 0.113. The fourth-order valence-corrected chi connectivity index (χ4v) is 4.49. The molecule has 1 aromatic carbocycles.